The lowest BCUT2D eigenvalue weighted by molar-refractivity contribution is 0.0691. The molecule has 2 aromatic carbocycles. The first-order valence-electron chi connectivity index (χ1n) is 10.3. The number of halogens is 1. The van der Waals surface area contributed by atoms with E-state index >= 15 is 0 Å². The Bertz CT molecular complexity index is 1200. The van der Waals surface area contributed by atoms with Crippen LogP contribution in [0.5, 0.6) is 11.5 Å². The minimum absolute atomic E-state index is 0.0621. The maximum atomic E-state index is 13.6. The second-order valence-electron chi connectivity index (χ2n) is 8.93. The SMILES string of the molecule is Cc1c(OCc2cnc(-c3ccc(F)c(C(=O)O)c3)cn2)ccc(C(=O)CC(C)(C)C)c1O. The van der Waals surface area contributed by atoms with Gasteiger partial charge in [0.25, 0.3) is 0 Å². The van der Waals surface area contributed by atoms with Crippen LogP contribution in [-0.2, 0) is 6.61 Å². The Labute approximate surface area is 190 Å². The predicted molar refractivity (Wildman–Crippen MR) is 120 cm³/mol. The third kappa shape index (κ3) is 5.71. The summed E-state index contributed by atoms with van der Waals surface area (Å²) in [7, 11) is 0. The molecule has 1 heterocycles. The number of aromatic nitrogens is 2. The van der Waals surface area contributed by atoms with Crippen molar-refractivity contribution in [3.8, 4) is 22.8 Å². The van der Waals surface area contributed by atoms with Gasteiger partial charge >= 0.3 is 5.97 Å². The van der Waals surface area contributed by atoms with Crippen LogP contribution in [0.2, 0.25) is 0 Å². The maximum Gasteiger partial charge on any atom is 0.338 e. The van der Waals surface area contributed by atoms with Crippen LogP contribution in [0.1, 0.15) is 59.2 Å². The lowest BCUT2D eigenvalue weighted by Crippen LogP contribution is -2.13. The van der Waals surface area contributed by atoms with Crippen LogP contribution in [0, 0.1) is 18.2 Å². The van der Waals surface area contributed by atoms with Gasteiger partial charge in [-0.1, -0.05) is 20.8 Å². The Morgan fingerprint density at radius 3 is 2.39 bits per heavy atom. The molecule has 3 aromatic rings. The molecule has 0 spiro atoms. The van der Waals surface area contributed by atoms with Gasteiger partial charge in [-0.15, -0.1) is 0 Å². The number of carbonyl (C=O) groups excluding carboxylic acids is 1. The molecule has 0 aliphatic rings. The van der Waals surface area contributed by atoms with Crippen LogP contribution in [0.15, 0.2) is 42.7 Å². The van der Waals surface area contributed by atoms with E-state index in [4.69, 9.17) is 9.84 Å². The minimum Gasteiger partial charge on any atom is -0.507 e. The summed E-state index contributed by atoms with van der Waals surface area (Å²) in [6.07, 6.45) is 3.22. The van der Waals surface area contributed by atoms with Crippen molar-refractivity contribution in [3.05, 3.63) is 70.9 Å². The number of ketones is 1. The molecule has 172 valence electrons. The fourth-order valence-corrected chi connectivity index (χ4v) is 3.22. The van der Waals surface area contributed by atoms with Gasteiger partial charge in [-0.25, -0.2) is 9.18 Å². The van der Waals surface area contributed by atoms with Gasteiger partial charge in [0.1, 0.15) is 23.9 Å². The summed E-state index contributed by atoms with van der Waals surface area (Å²) < 4.78 is 19.3. The van der Waals surface area contributed by atoms with Crippen LogP contribution in [0.4, 0.5) is 4.39 Å². The minimum atomic E-state index is -1.36. The first-order valence-corrected chi connectivity index (χ1v) is 10.3. The lowest BCUT2D eigenvalue weighted by atomic mass is 9.87. The van der Waals surface area contributed by atoms with Crippen LogP contribution in [-0.4, -0.2) is 31.9 Å². The number of hydrogen-bond donors (Lipinski definition) is 2. The highest BCUT2D eigenvalue weighted by molar-refractivity contribution is 5.99. The van der Waals surface area contributed by atoms with E-state index in [0.717, 1.165) is 6.07 Å². The molecular weight excluding hydrogens is 427 g/mol. The van der Waals surface area contributed by atoms with E-state index in [-0.39, 0.29) is 29.1 Å². The average molecular weight is 452 g/mol. The summed E-state index contributed by atoms with van der Waals surface area (Å²) >= 11 is 0. The molecule has 0 saturated heterocycles. The van der Waals surface area contributed by atoms with Gasteiger partial charge in [-0.2, -0.15) is 0 Å². The molecule has 8 heteroatoms. The number of carbonyl (C=O) groups is 2. The summed E-state index contributed by atoms with van der Waals surface area (Å²) in [5.41, 5.74) is 1.38. The van der Waals surface area contributed by atoms with Crippen molar-refractivity contribution in [2.45, 2.75) is 40.7 Å². The van der Waals surface area contributed by atoms with E-state index in [2.05, 4.69) is 9.97 Å². The Morgan fingerprint density at radius 2 is 1.79 bits per heavy atom. The van der Waals surface area contributed by atoms with Crippen molar-refractivity contribution in [2.75, 3.05) is 0 Å². The van der Waals surface area contributed by atoms with E-state index in [1.807, 2.05) is 20.8 Å². The van der Waals surface area contributed by atoms with Crippen LogP contribution >= 0.6 is 0 Å². The van der Waals surface area contributed by atoms with Gasteiger partial charge in [-0.05, 0) is 42.7 Å². The molecule has 7 nitrogen and oxygen atoms in total. The van der Waals surface area contributed by atoms with E-state index in [1.165, 1.54) is 24.5 Å². The number of aromatic hydroxyl groups is 1. The number of Topliss-reactive ketones (excluding diaryl/α,β-unsaturated/α-hetero) is 1. The van der Waals surface area contributed by atoms with Crippen molar-refractivity contribution in [2.24, 2.45) is 5.41 Å². The standard InChI is InChI=1S/C25H25FN2O5/c1-14-22(8-6-17(23(14)30)21(29)10-25(2,3)4)33-13-16-11-28-20(12-27-16)15-5-7-19(26)18(9-15)24(31)32/h5-9,11-12,30H,10,13H2,1-4H3,(H,31,32). The molecule has 0 unspecified atom stereocenters. The first-order chi connectivity index (χ1) is 15.5. The molecule has 0 amide bonds. The molecule has 0 bridgehead atoms. The normalized spacial score (nSPS) is 11.3. The number of benzene rings is 2. The quantitative estimate of drug-likeness (QED) is 0.475. The summed E-state index contributed by atoms with van der Waals surface area (Å²) in [6.45, 7) is 7.60. The molecule has 1 aromatic heterocycles. The predicted octanol–water partition coefficient (Wildman–Crippen LogP) is 5.19. The Morgan fingerprint density at radius 1 is 1.06 bits per heavy atom. The van der Waals surface area contributed by atoms with E-state index in [0.29, 0.717) is 34.7 Å². The van der Waals surface area contributed by atoms with Gasteiger partial charge in [0, 0.05) is 17.5 Å². The molecular formula is C25H25FN2O5. The highest BCUT2D eigenvalue weighted by atomic mass is 19.1. The number of rotatable bonds is 7. The third-order valence-electron chi connectivity index (χ3n) is 4.95. The van der Waals surface area contributed by atoms with E-state index in [1.54, 1.807) is 19.1 Å². The number of phenols is 1. The maximum absolute atomic E-state index is 13.6. The van der Waals surface area contributed by atoms with Gasteiger partial charge in [0.15, 0.2) is 5.78 Å². The van der Waals surface area contributed by atoms with Crippen molar-refractivity contribution in [1.29, 1.82) is 0 Å². The van der Waals surface area contributed by atoms with Gasteiger partial charge < -0.3 is 14.9 Å². The summed E-state index contributed by atoms with van der Waals surface area (Å²) in [6, 6.07) is 6.89. The molecule has 0 aliphatic carbocycles. The Balaban J connectivity index is 1.72. The van der Waals surface area contributed by atoms with E-state index in [9.17, 15) is 19.1 Å². The zero-order chi connectivity index (χ0) is 24.3. The fraction of sp³-hybridized carbons (Fsp3) is 0.280. The van der Waals surface area contributed by atoms with Crippen LogP contribution in [0.25, 0.3) is 11.3 Å². The summed E-state index contributed by atoms with van der Waals surface area (Å²) in [5, 5.41) is 19.6. The Hall–Kier alpha value is -3.81. The molecule has 0 aliphatic heterocycles. The Kier molecular flexibility index (Phi) is 6.76. The zero-order valence-corrected chi connectivity index (χ0v) is 18.8. The van der Waals surface area contributed by atoms with Gasteiger partial charge in [0.05, 0.1) is 34.9 Å². The first kappa shape index (κ1) is 23.8. The fourth-order valence-electron chi connectivity index (χ4n) is 3.22. The molecule has 33 heavy (non-hydrogen) atoms. The largest absolute Gasteiger partial charge is 0.507 e. The number of aromatic carboxylic acids is 1. The molecule has 2 N–H and O–H groups in total. The number of carboxylic acid groups (broad SMARTS) is 1. The highest BCUT2D eigenvalue weighted by Crippen LogP contribution is 2.33. The van der Waals surface area contributed by atoms with Gasteiger partial charge in [-0.3, -0.25) is 14.8 Å². The molecule has 0 radical (unpaired) electrons. The third-order valence-corrected chi connectivity index (χ3v) is 4.95. The topological polar surface area (TPSA) is 110 Å². The van der Waals surface area contributed by atoms with E-state index < -0.39 is 17.3 Å². The number of hydrogen-bond acceptors (Lipinski definition) is 6. The van der Waals surface area contributed by atoms with Crippen molar-refractivity contribution < 1.29 is 28.9 Å². The van der Waals surface area contributed by atoms with Crippen molar-refractivity contribution in [3.63, 3.8) is 0 Å². The molecule has 0 saturated carbocycles. The number of ether oxygens (including phenoxy) is 1. The monoisotopic (exact) mass is 452 g/mol. The highest BCUT2D eigenvalue weighted by Gasteiger charge is 2.21. The zero-order valence-electron chi connectivity index (χ0n) is 18.8. The lowest BCUT2D eigenvalue weighted by Gasteiger charge is -2.18. The van der Waals surface area contributed by atoms with Crippen LogP contribution in [0.3, 0.4) is 0 Å². The van der Waals surface area contributed by atoms with Crippen LogP contribution < -0.4 is 4.74 Å². The summed E-state index contributed by atoms with van der Waals surface area (Å²) in [4.78, 5) is 32.1. The smallest absolute Gasteiger partial charge is 0.338 e. The van der Waals surface area contributed by atoms with Crippen molar-refractivity contribution >= 4 is 11.8 Å². The number of nitrogens with zero attached hydrogens (tertiary/aromatic N) is 2. The average Bonchev–Trinajstić information content (AvgIpc) is 2.74. The van der Waals surface area contributed by atoms with Gasteiger partial charge in [0.2, 0.25) is 0 Å². The molecule has 3 rings (SSSR count). The number of carboxylic acids is 1. The summed E-state index contributed by atoms with van der Waals surface area (Å²) in [5.74, 6) is -2.02. The molecule has 0 fully saturated rings. The number of phenolic OH excluding ortho intramolecular Hbond substituents is 1. The second-order valence-corrected chi connectivity index (χ2v) is 8.93. The molecule has 0 atom stereocenters. The second kappa shape index (κ2) is 9.36. The van der Waals surface area contributed by atoms with Crippen molar-refractivity contribution in [1.82, 2.24) is 9.97 Å².